The molecule has 29 heavy (non-hydrogen) atoms. The van der Waals surface area contributed by atoms with E-state index < -0.39 is 36.3 Å². The maximum atomic E-state index is 12.7. The highest BCUT2D eigenvalue weighted by molar-refractivity contribution is 5.91. The molecule has 2 saturated heterocycles. The highest BCUT2D eigenvalue weighted by Crippen LogP contribution is 2.28. The smallest absolute Gasteiger partial charge is 0.305 e. The van der Waals surface area contributed by atoms with Gasteiger partial charge in [-0.1, -0.05) is 30.3 Å². The Bertz CT molecular complexity index is 786. The molecule has 0 radical (unpaired) electrons. The molecule has 156 valence electrons. The number of carboxylic acids is 1. The third kappa shape index (κ3) is 5.30. The van der Waals surface area contributed by atoms with E-state index in [1.165, 1.54) is 0 Å². The standard InChI is InChI=1S/C19H24N4O6/c20-13(7-17(25)26)18(27)22-14(6-11-4-2-1-3-5-11)19(28)21-9-12-10-23-15(24)8-16(23)29-12/h1-5,12-14,16H,6-10,20H2,(H,21,28)(H,22,27)(H,25,26). The van der Waals surface area contributed by atoms with Crippen molar-refractivity contribution in [3.8, 4) is 0 Å². The van der Waals surface area contributed by atoms with Gasteiger partial charge in [0.05, 0.1) is 31.5 Å². The van der Waals surface area contributed by atoms with Gasteiger partial charge in [-0.15, -0.1) is 0 Å². The average molecular weight is 404 g/mol. The topological polar surface area (TPSA) is 151 Å². The zero-order chi connectivity index (χ0) is 21.0. The van der Waals surface area contributed by atoms with E-state index in [2.05, 4.69) is 10.6 Å². The third-order valence-corrected chi connectivity index (χ3v) is 4.92. The summed E-state index contributed by atoms with van der Waals surface area (Å²) in [6.07, 6.45) is -0.474. The molecule has 4 unspecified atom stereocenters. The number of hydrogen-bond donors (Lipinski definition) is 4. The van der Waals surface area contributed by atoms with Gasteiger partial charge in [-0.05, 0) is 5.56 Å². The SMILES string of the molecule is NC(CC(=O)O)C(=O)NC(Cc1ccccc1)C(=O)NCC1CN2C(=O)CC2O1. The summed E-state index contributed by atoms with van der Waals surface area (Å²) in [6.45, 7) is 0.616. The lowest BCUT2D eigenvalue weighted by molar-refractivity contribution is -0.156. The number of amides is 3. The molecule has 0 aromatic heterocycles. The lowest BCUT2D eigenvalue weighted by atomic mass is 10.0. The first-order chi connectivity index (χ1) is 13.8. The number of ether oxygens (including phenoxy) is 1. The summed E-state index contributed by atoms with van der Waals surface area (Å²) < 4.78 is 5.66. The summed E-state index contributed by atoms with van der Waals surface area (Å²) in [6, 6.07) is 6.92. The van der Waals surface area contributed by atoms with Gasteiger partial charge in [0, 0.05) is 13.0 Å². The summed E-state index contributed by atoms with van der Waals surface area (Å²) in [5, 5.41) is 14.1. The van der Waals surface area contributed by atoms with Gasteiger partial charge < -0.3 is 31.1 Å². The second-order valence-electron chi connectivity index (χ2n) is 7.16. The first kappa shape index (κ1) is 20.7. The van der Waals surface area contributed by atoms with Gasteiger partial charge in [0.15, 0.2) is 0 Å². The molecule has 10 heteroatoms. The summed E-state index contributed by atoms with van der Waals surface area (Å²) >= 11 is 0. The van der Waals surface area contributed by atoms with Crippen molar-refractivity contribution in [1.29, 1.82) is 0 Å². The number of nitrogens with one attached hydrogen (secondary N) is 2. The Kier molecular flexibility index (Phi) is 6.45. The molecule has 10 nitrogen and oxygen atoms in total. The van der Waals surface area contributed by atoms with Crippen LogP contribution in [-0.2, 0) is 30.3 Å². The number of carbonyl (C=O) groups is 4. The zero-order valence-corrected chi connectivity index (χ0v) is 15.7. The number of nitrogens with two attached hydrogens (primary N) is 1. The molecule has 2 fully saturated rings. The first-order valence-corrected chi connectivity index (χ1v) is 9.38. The number of β-lactam (4-membered cyclic amide) rings is 1. The van der Waals surface area contributed by atoms with Crippen LogP contribution >= 0.6 is 0 Å². The van der Waals surface area contributed by atoms with E-state index in [1.807, 2.05) is 30.3 Å². The molecule has 3 amide bonds. The number of rotatable bonds is 9. The van der Waals surface area contributed by atoms with Crippen LogP contribution < -0.4 is 16.4 Å². The third-order valence-electron chi connectivity index (χ3n) is 4.92. The fourth-order valence-electron chi connectivity index (χ4n) is 3.32. The highest BCUT2D eigenvalue weighted by atomic mass is 16.5. The summed E-state index contributed by atoms with van der Waals surface area (Å²) in [5.74, 6) is -2.32. The van der Waals surface area contributed by atoms with Crippen LogP contribution in [0.3, 0.4) is 0 Å². The van der Waals surface area contributed by atoms with Crippen molar-refractivity contribution in [2.24, 2.45) is 5.73 Å². The van der Waals surface area contributed by atoms with Crippen molar-refractivity contribution >= 4 is 23.7 Å². The Morgan fingerprint density at radius 2 is 1.97 bits per heavy atom. The van der Waals surface area contributed by atoms with Crippen molar-refractivity contribution < 1.29 is 29.0 Å². The number of fused-ring (bicyclic) bond motifs is 1. The Labute approximate surface area is 167 Å². The van der Waals surface area contributed by atoms with Crippen LogP contribution in [0, 0.1) is 0 Å². The number of carbonyl (C=O) groups excluding carboxylic acids is 3. The molecule has 2 aliphatic rings. The fourth-order valence-corrected chi connectivity index (χ4v) is 3.32. The molecule has 3 rings (SSSR count). The second kappa shape index (κ2) is 9.01. The predicted octanol–water partition coefficient (Wildman–Crippen LogP) is -1.41. The molecular weight excluding hydrogens is 380 g/mol. The molecule has 0 saturated carbocycles. The van der Waals surface area contributed by atoms with Crippen molar-refractivity contribution in [2.75, 3.05) is 13.1 Å². The van der Waals surface area contributed by atoms with Crippen LogP contribution in [0.2, 0.25) is 0 Å². The van der Waals surface area contributed by atoms with E-state index in [0.717, 1.165) is 5.56 Å². The van der Waals surface area contributed by atoms with Gasteiger partial charge in [0.2, 0.25) is 17.7 Å². The van der Waals surface area contributed by atoms with Gasteiger partial charge >= 0.3 is 5.97 Å². The van der Waals surface area contributed by atoms with Gasteiger partial charge in [0.1, 0.15) is 12.3 Å². The molecule has 0 spiro atoms. The summed E-state index contributed by atoms with van der Waals surface area (Å²) in [5.41, 5.74) is 6.43. The number of hydrogen-bond acceptors (Lipinski definition) is 6. The number of carboxylic acid groups (broad SMARTS) is 1. The van der Waals surface area contributed by atoms with Crippen LogP contribution in [0.1, 0.15) is 18.4 Å². The highest BCUT2D eigenvalue weighted by Gasteiger charge is 2.45. The Balaban J connectivity index is 1.58. The quantitative estimate of drug-likeness (QED) is 0.369. The Hall–Kier alpha value is -2.98. The number of nitrogens with zero attached hydrogens (tertiary/aromatic N) is 1. The van der Waals surface area contributed by atoms with Crippen LogP contribution in [0.5, 0.6) is 0 Å². The average Bonchev–Trinajstić information content (AvgIpc) is 3.02. The van der Waals surface area contributed by atoms with Crippen LogP contribution in [-0.4, -0.2) is 71.2 Å². The fraction of sp³-hybridized carbons (Fsp3) is 0.474. The van der Waals surface area contributed by atoms with Gasteiger partial charge in [0.25, 0.3) is 0 Å². The van der Waals surface area contributed by atoms with Gasteiger partial charge in [-0.25, -0.2) is 0 Å². The van der Waals surface area contributed by atoms with Crippen molar-refractivity contribution in [2.45, 2.75) is 43.7 Å². The van der Waals surface area contributed by atoms with E-state index in [0.29, 0.717) is 13.0 Å². The van der Waals surface area contributed by atoms with Crippen molar-refractivity contribution in [3.63, 3.8) is 0 Å². The molecule has 1 aromatic rings. The monoisotopic (exact) mass is 404 g/mol. The molecule has 2 aliphatic heterocycles. The van der Waals surface area contributed by atoms with E-state index >= 15 is 0 Å². The van der Waals surface area contributed by atoms with Crippen LogP contribution in [0.4, 0.5) is 0 Å². The summed E-state index contributed by atoms with van der Waals surface area (Å²) in [4.78, 5) is 48.8. The maximum absolute atomic E-state index is 12.7. The number of benzene rings is 1. The molecule has 0 aliphatic carbocycles. The van der Waals surface area contributed by atoms with E-state index in [4.69, 9.17) is 15.6 Å². The lowest BCUT2D eigenvalue weighted by Crippen LogP contribution is -2.53. The van der Waals surface area contributed by atoms with Crippen molar-refractivity contribution in [1.82, 2.24) is 15.5 Å². The number of aliphatic carboxylic acids is 1. The molecular formula is C19H24N4O6. The molecule has 2 heterocycles. The molecule has 0 bridgehead atoms. The van der Waals surface area contributed by atoms with Gasteiger partial charge in [-0.2, -0.15) is 0 Å². The van der Waals surface area contributed by atoms with Crippen LogP contribution in [0.15, 0.2) is 30.3 Å². The Morgan fingerprint density at radius 3 is 2.59 bits per heavy atom. The second-order valence-corrected chi connectivity index (χ2v) is 7.16. The molecule has 5 N–H and O–H groups in total. The van der Waals surface area contributed by atoms with E-state index in [-0.39, 0.29) is 31.2 Å². The minimum absolute atomic E-state index is 0.0328. The first-order valence-electron chi connectivity index (χ1n) is 9.38. The maximum Gasteiger partial charge on any atom is 0.305 e. The normalized spacial score (nSPS) is 22.2. The predicted molar refractivity (Wildman–Crippen MR) is 100 cm³/mol. The van der Waals surface area contributed by atoms with Gasteiger partial charge in [-0.3, -0.25) is 19.2 Å². The van der Waals surface area contributed by atoms with E-state index in [1.54, 1.807) is 4.90 Å². The molecule has 4 atom stereocenters. The minimum Gasteiger partial charge on any atom is -0.481 e. The van der Waals surface area contributed by atoms with Crippen molar-refractivity contribution in [3.05, 3.63) is 35.9 Å². The lowest BCUT2D eigenvalue weighted by Gasteiger charge is -2.31. The van der Waals surface area contributed by atoms with E-state index in [9.17, 15) is 19.2 Å². The largest absolute Gasteiger partial charge is 0.481 e. The minimum atomic E-state index is -1.26. The summed E-state index contributed by atoms with van der Waals surface area (Å²) in [7, 11) is 0. The van der Waals surface area contributed by atoms with Crippen LogP contribution in [0.25, 0.3) is 0 Å². The molecule has 1 aromatic carbocycles. The Morgan fingerprint density at radius 1 is 1.24 bits per heavy atom. The zero-order valence-electron chi connectivity index (χ0n) is 15.7.